The van der Waals surface area contributed by atoms with E-state index in [0.29, 0.717) is 24.2 Å². The third kappa shape index (κ3) is 3.94. The van der Waals surface area contributed by atoms with Crippen molar-refractivity contribution in [2.75, 3.05) is 26.2 Å². The van der Waals surface area contributed by atoms with Gasteiger partial charge in [0, 0.05) is 37.3 Å². The van der Waals surface area contributed by atoms with Crippen LogP contribution in [-0.2, 0) is 10.0 Å². The first kappa shape index (κ1) is 19.3. The normalized spacial score (nSPS) is 15.6. The number of amides is 1. The molecular formula is C20H22N2O4S. The van der Waals surface area contributed by atoms with Crippen molar-refractivity contribution in [3.8, 4) is 0 Å². The first-order valence-corrected chi connectivity index (χ1v) is 10.2. The van der Waals surface area contributed by atoms with E-state index in [9.17, 15) is 18.0 Å². The SMILES string of the molecule is CC(=O)c1ccc(S(=O)(=O)N2CCN(C(=O)c3ccccc3C)CC2)cc1. The Morgan fingerprint density at radius 3 is 2.04 bits per heavy atom. The molecule has 0 spiro atoms. The standard InChI is InChI=1S/C20H22N2O4S/c1-15-5-3-4-6-19(15)20(24)21-11-13-22(14-12-21)27(25,26)18-9-7-17(8-10-18)16(2)23/h3-10H,11-14H2,1-2H3. The average molecular weight is 386 g/mol. The lowest BCUT2D eigenvalue weighted by Gasteiger charge is -2.34. The molecule has 0 aliphatic carbocycles. The number of hydrogen-bond donors (Lipinski definition) is 0. The summed E-state index contributed by atoms with van der Waals surface area (Å²) in [5, 5.41) is 0. The maximum Gasteiger partial charge on any atom is 0.254 e. The minimum atomic E-state index is -3.64. The fourth-order valence-electron chi connectivity index (χ4n) is 3.13. The predicted octanol–water partition coefficient (Wildman–Crippen LogP) is 2.34. The summed E-state index contributed by atoms with van der Waals surface area (Å²) in [7, 11) is -3.64. The molecule has 0 aromatic heterocycles. The molecular weight excluding hydrogens is 364 g/mol. The van der Waals surface area contributed by atoms with E-state index in [0.717, 1.165) is 5.56 Å². The number of aryl methyl sites for hydroxylation is 1. The second-order valence-corrected chi connectivity index (χ2v) is 8.53. The first-order chi connectivity index (χ1) is 12.8. The van der Waals surface area contributed by atoms with Crippen LogP contribution >= 0.6 is 0 Å². The third-order valence-corrected chi connectivity index (χ3v) is 6.71. The quantitative estimate of drug-likeness (QED) is 0.756. The van der Waals surface area contributed by atoms with Crippen LogP contribution in [0.4, 0.5) is 0 Å². The van der Waals surface area contributed by atoms with Crippen LogP contribution in [0, 0.1) is 6.92 Å². The minimum Gasteiger partial charge on any atom is -0.336 e. The number of piperazine rings is 1. The molecule has 1 fully saturated rings. The Balaban J connectivity index is 1.70. The topological polar surface area (TPSA) is 74.8 Å². The van der Waals surface area contributed by atoms with E-state index in [4.69, 9.17) is 0 Å². The van der Waals surface area contributed by atoms with Crippen molar-refractivity contribution in [2.24, 2.45) is 0 Å². The molecule has 1 amide bonds. The molecule has 1 aliphatic rings. The summed E-state index contributed by atoms with van der Waals surface area (Å²) < 4.78 is 27.0. The molecule has 142 valence electrons. The molecule has 0 atom stereocenters. The Bertz CT molecular complexity index is 960. The van der Waals surface area contributed by atoms with Crippen LogP contribution in [0.25, 0.3) is 0 Å². The van der Waals surface area contributed by atoms with Gasteiger partial charge in [0.2, 0.25) is 10.0 Å². The molecule has 6 nitrogen and oxygen atoms in total. The lowest BCUT2D eigenvalue weighted by atomic mass is 10.1. The number of carbonyl (C=O) groups excluding carboxylic acids is 2. The molecule has 3 rings (SSSR count). The number of nitrogens with zero attached hydrogens (tertiary/aromatic N) is 2. The molecule has 27 heavy (non-hydrogen) atoms. The largest absolute Gasteiger partial charge is 0.336 e. The summed E-state index contributed by atoms with van der Waals surface area (Å²) in [4.78, 5) is 25.9. The molecule has 2 aromatic carbocycles. The van der Waals surface area contributed by atoms with Crippen LogP contribution in [0.5, 0.6) is 0 Å². The van der Waals surface area contributed by atoms with Crippen molar-refractivity contribution in [2.45, 2.75) is 18.7 Å². The minimum absolute atomic E-state index is 0.0732. The predicted molar refractivity (Wildman–Crippen MR) is 102 cm³/mol. The summed E-state index contributed by atoms with van der Waals surface area (Å²) in [6.07, 6.45) is 0. The molecule has 2 aromatic rings. The van der Waals surface area contributed by atoms with Gasteiger partial charge >= 0.3 is 0 Å². The number of carbonyl (C=O) groups is 2. The van der Waals surface area contributed by atoms with E-state index in [1.54, 1.807) is 11.0 Å². The number of rotatable bonds is 4. The molecule has 0 saturated carbocycles. The van der Waals surface area contributed by atoms with Crippen LogP contribution in [-0.4, -0.2) is 55.5 Å². The van der Waals surface area contributed by atoms with E-state index < -0.39 is 10.0 Å². The monoisotopic (exact) mass is 386 g/mol. The summed E-state index contributed by atoms with van der Waals surface area (Å²) in [5.41, 5.74) is 2.03. The zero-order valence-corrected chi connectivity index (χ0v) is 16.2. The van der Waals surface area contributed by atoms with Gasteiger partial charge in [-0.1, -0.05) is 30.3 Å². The van der Waals surface area contributed by atoms with Crippen molar-refractivity contribution in [3.63, 3.8) is 0 Å². The third-order valence-electron chi connectivity index (χ3n) is 4.80. The van der Waals surface area contributed by atoms with Crippen LogP contribution in [0.2, 0.25) is 0 Å². The number of benzene rings is 2. The highest BCUT2D eigenvalue weighted by atomic mass is 32.2. The van der Waals surface area contributed by atoms with Gasteiger partial charge in [-0.3, -0.25) is 9.59 Å². The molecule has 0 unspecified atom stereocenters. The van der Waals surface area contributed by atoms with Gasteiger partial charge in [-0.15, -0.1) is 0 Å². The zero-order valence-electron chi connectivity index (χ0n) is 15.4. The van der Waals surface area contributed by atoms with Crippen molar-refractivity contribution in [3.05, 3.63) is 65.2 Å². The molecule has 1 saturated heterocycles. The highest BCUT2D eigenvalue weighted by Crippen LogP contribution is 2.20. The lowest BCUT2D eigenvalue weighted by Crippen LogP contribution is -2.50. The second-order valence-electron chi connectivity index (χ2n) is 6.59. The Labute approximate surface area is 159 Å². The van der Waals surface area contributed by atoms with Gasteiger partial charge in [-0.25, -0.2) is 8.42 Å². The maximum absolute atomic E-state index is 12.8. The van der Waals surface area contributed by atoms with Crippen molar-refractivity contribution >= 4 is 21.7 Å². The van der Waals surface area contributed by atoms with Gasteiger partial charge in [-0.2, -0.15) is 4.31 Å². The number of sulfonamides is 1. The second kappa shape index (κ2) is 7.62. The van der Waals surface area contributed by atoms with Crippen LogP contribution in [0.3, 0.4) is 0 Å². The van der Waals surface area contributed by atoms with Gasteiger partial charge in [0.1, 0.15) is 0 Å². The van der Waals surface area contributed by atoms with E-state index in [1.165, 1.54) is 35.5 Å². The van der Waals surface area contributed by atoms with Gasteiger partial charge in [0.25, 0.3) is 5.91 Å². The Morgan fingerprint density at radius 2 is 1.48 bits per heavy atom. The maximum atomic E-state index is 12.8. The van der Waals surface area contributed by atoms with Gasteiger partial charge in [0.05, 0.1) is 4.90 Å². The van der Waals surface area contributed by atoms with Crippen LogP contribution in [0.1, 0.15) is 33.2 Å². The van der Waals surface area contributed by atoms with E-state index in [2.05, 4.69) is 0 Å². The van der Waals surface area contributed by atoms with Crippen molar-refractivity contribution < 1.29 is 18.0 Å². The molecule has 1 aliphatic heterocycles. The Morgan fingerprint density at radius 1 is 0.889 bits per heavy atom. The van der Waals surface area contributed by atoms with E-state index in [1.807, 2.05) is 25.1 Å². The highest BCUT2D eigenvalue weighted by molar-refractivity contribution is 7.89. The molecule has 7 heteroatoms. The molecule has 1 heterocycles. The zero-order chi connectivity index (χ0) is 19.6. The van der Waals surface area contributed by atoms with Crippen LogP contribution < -0.4 is 0 Å². The molecule has 0 bridgehead atoms. The summed E-state index contributed by atoms with van der Waals surface area (Å²) in [6.45, 7) is 4.51. The average Bonchev–Trinajstić information content (AvgIpc) is 2.68. The van der Waals surface area contributed by atoms with Crippen molar-refractivity contribution in [1.29, 1.82) is 0 Å². The summed E-state index contributed by atoms with van der Waals surface area (Å²) in [5.74, 6) is -0.182. The first-order valence-electron chi connectivity index (χ1n) is 8.77. The fourth-order valence-corrected chi connectivity index (χ4v) is 4.55. The van der Waals surface area contributed by atoms with Crippen LogP contribution in [0.15, 0.2) is 53.4 Å². The van der Waals surface area contributed by atoms with E-state index >= 15 is 0 Å². The molecule has 0 N–H and O–H groups in total. The fraction of sp³-hybridized carbons (Fsp3) is 0.300. The lowest BCUT2D eigenvalue weighted by molar-refractivity contribution is 0.0697. The van der Waals surface area contributed by atoms with Gasteiger partial charge < -0.3 is 4.90 Å². The smallest absolute Gasteiger partial charge is 0.254 e. The van der Waals surface area contributed by atoms with E-state index in [-0.39, 0.29) is 29.7 Å². The summed E-state index contributed by atoms with van der Waals surface area (Å²) >= 11 is 0. The summed E-state index contributed by atoms with van der Waals surface area (Å²) in [6, 6.07) is 13.3. The van der Waals surface area contributed by atoms with Gasteiger partial charge in [0.15, 0.2) is 5.78 Å². The number of ketones is 1. The van der Waals surface area contributed by atoms with Crippen molar-refractivity contribution in [1.82, 2.24) is 9.21 Å². The highest BCUT2D eigenvalue weighted by Gasteiger charge is 2.30. The molecule has 0 radical (unpaired) electrons. The van der Waals surface area contributed by atoms with Gasteiger partial charge in [-0.05, 0) is 37.6 Å². The Kier molecular flexibility index (Phi) is 5.43. The number of hydrogen-bond acceptors (Lipinski definition) is 4. The number of Topliss-reactive ketones (excluding diaryl/α,β-unsaturated/α-hetero) is 1. The Hall–Kier alpha value is -2.51.